The standard InChI is InChI=1S/C25H25ClFN5O2/c1-25(2,33)34-21-11-16(32-8-6-18-23(28)30-13-31-24(18)32)9-15(21)4-3-14-10-20(26)22(27)17-5-7-29-12-19(14)17/h5-10,12-13,16,21,33H,3-4,11H2,1-2H3,(H2,28,30,31)/t16-,21+/m1/s1. The van der Waals surface area contributed by atoms with Crippen molar-refractivity contribution in [2.24, 2.45) is 0 Å². The Labute approximate surface area is 201 Å². The lowest BCUT2D eigenvalue weighted by Gasteiger charge is -2.26. The first-order chi connectivity index (χ1) is 16.2. The fraction of sp³-hybridized carbons (Fsp3) is 0.320. The molecular weight excluding hydrogens is 457 g/mol. The van der Waals surface area contributed by atoms with Crippen molar-refractivity contribution >= 4 is 39.2 Å². The minimum Gasteiger partial charge on any atom is -0.383 e. The lowest BCUT2D eigenvalue weighted by molar-refractivity contribution is -0.197. The number of halogens is 2. The van der Waals surface area contributed by atoms with Crippen LogP contribution in [0.2, 0.25) is 5.02 Å². The summed E-state index contributed by atoms with van der Waals surface area (Å²) in [7, 11) is 0. The van der Waals surface area contributed by atoms with Crippen molar-refractivity contribution in [3.05, 3.63) is 71.2 Å². The first-order valence-corrected chi connectivity index (χ1v) is 11.5. The van der Waals surface area contributed by atoms with Gasteiger partial charge in [0.15, 0.2) is 5.79 Å². The molecule has 7 nitrogen and oxygen atoms in total. The van der Waals surface area contributed by atoms with Crippen LogP contribution in [0, 0.1) is 5.82 Å². The molecule has 3 heterocycles. The predicted octanol–water partition coefficient (Wildman–Crippen LogP) is 4.97. The number of ether oxygens (including phenoxy) is 1. The van der Waals surface area contributed by atoms with Gasteiger partial charge in [0, 0.05) is 35.8 Å². The number of benzene rings is 1. The molecule has 3 aromatic heterocycles. The van der Waals surface area contributed by atoms with Crippen molar-refractivity contribution in [2.75, 3.05) is 5.73 Å². The molecule has 0 unspecified atom stereocenters. The van der Waals surface area contributed by atoms with Gasteiger partial charge in [0.05, 0.1) is 22.6 Å². The van der Waals surface area contributed by atoms with Gasteiger partial charge in [0.25, 0.3) is 0 Å². The molecule has 3 N–H and O–H groups in total. The SMILES string of the molecule is CC(C)(O)O[C@H]1C[C@H](n2ccc3c(N)ncnc32)C=C1CCc1cc(Cl)c(F)c2ccncc12. The van der Waals surface area contributed by atoms with E-state index < -0.39 is 11.6 Å². The summed E-state index contributed by atoms with van der Waals surface area (Å²) in [5, 5.41) is 12.4. The highest BCUT2D eigenvalue weighted by atomic mass is 35.5. The van der Waals surface area contributed by atoms with Gasteiger partial charge in [0.2, 0.25) is 0 Å². The largest absolute Gasteiger partial charge is 0.383 e. The number of anilines is 1. The molecule has 34 heavy (non-hydrogen) atoms. The van der Waals surface area contributed by atoms with Crippen LogP contribution in [0.3, 0.4) is 0 Å². The van der Waals surface area contributed by atoms with Gasteiger partial charge in [0.1, 0.15) is 23.6 Å². The maximum absolute atomic E-state index is 14.5. The van der Waals surface area contributed by atoms with E-state index in [1.54, 1.807) is 38.4 Å². The second kappa shape index (κ2) is 8.61. The Hall–Kier alpha value is -3.07. The number of aromatic nitrogens is 4. The third-order valence-corrected chi connectivity index (χ3v) is 6.48. The smallest absolute Gasteiger partial charge is 0.160 e. The van der Waals surface area contributed by atoms with Crippen LogP contribution in [-0.2, 0) is 11.2 Å². The van der Waals surface area contributed by atoms with Gasteiger partial charge in [-0.15, -0.1) is 0 Å². The predicted molar refractivity (Wildman–Crippen MR) is 130 cm³/mol. The summed E-state index contributed by atoms with van der Waals surface area (Å²) in [5.74, 6) is -1.30. The fourth-order valence-corrected chi connectivity index (χ4v) is 4.95. The van der Waals surface area contributed by atoms with Crippen LogP contribution in [-0.4, -0.2) is 36.5 Å². The molecule has 1 aliphatic carbocycles. The molecule has 0 bridgehead atoms. The van der Waals surface area contributed by atoms with Gasteiger partial charge in [-0.2, -0.15) is 0 Å². The minimum atomic E-state index is -1.29. The Morgan fingerprint density at radius 2 is 2.06 bits per heavy atom. The maximum atomic E-state index is 14.5. The summed E-state index contributed by atoms with van der Waals surface area (Å²) in [6.07, 6.45) is 10.4. The number of rotatable bonds is 6. The Balaban J connectivity index is 1.47. The molecule has 9 heteroatoms. The Morgan fingerprint density at radius 3 is 2.85 bits per heavy atom. The molecule has 176 valence electrons. The number of hydrogen-bond donors (Lipinski definition) is 2. The molecule has 0 aliphatic heterocycles. The fourth-order valence-electron chi connectivity index (χ4n) is 4.71. The average Bonchev–Trinajstić information content (AvgIpc) is 3.39. The molecule has 0 amide bonds. The Kier molecular flexibility index (Phi) is 5.75. The van der Waals surface area contributed by atoms with Crippen molar-refractivity contribution in [3.63, 3.8) is 0 Å². The number of fused-ring (bicyclic) bond motifs is 2. The summed E-state index contributed by atoms with van der Waals surface area (Å²) in [6, 6.07) is 5.18. The average molecular weight is 482 g/mol. The number of aryl methyl sites for hydroxylation is 1. The third kappa shape index (κ3) is 4.24. The lowest BCUT2D eigenvalue weighted by atomic mass is 9.98. The van der Waals surface area contributed by atoms with Crippen molar-refractivity contribution in [2.45, 2.75) is 51.0 Å². The molecule has 2 atom stereocenters. The number of allylic oxidation sites excluding steroid dienone is 1. The van der Waals surface area contributed by atoms with Gasteiger partial charge in [-0.3, -0.25) is 4.98 Å². The van der Waals surface area contributed by atoms with Gasteiger partial charge in [-0.25, -0.2) is 14.4 Å². The molecule has 5 rings (SSSR count). The maximum Gasteiger partial charge on any atom is 0.160 e. The second-order valence-electron chi connectivity index (χ2n) is 9.07. The molecule has 1 aliphatic rings. The highest BCUT2D eigenvalue weighted by Gasteiger charge is 2.32. The van der Waals surface area contributed by atoms with Gasteiger partial charge in [-0.05, 0) is 56.0 Å². The van der Waals surface area contributed by atoms with Crippen LogP contribution in [0.25, 0.3) is 21.8 Å². The number of nitrogens with two attached hydrogens (primary N) is 1. The first-order valence-electron chi connectivity index (χ1n) is 11.1. The third-order valence-electron chi connectivity index (χ3n) is 6.20. The van der Waals surface area contributed by atoms with Crippen molar-refractivity contribution < 1.29 is 14.2 Å². The van der Waals surface area contributed by atoms with Crippen molar-refractivity contribution in [1.29, 1.82) is 0 Å². The number of hydrogen-bond acceptors (Lipinski definition) is 6. The van der Waals surface area contributed by atoms with Crippen molar-refractivity contribution in [1.82, 2.24) is 19.5 Å². The normalized spacial score (nSPS) is 18.7. The van der Waals surface area contributed by atoms with E-state index in [0.717, 1.165) is 27.6 Å². The summed E-state index contributed by atoms with van der Waals surface area (Å²) >= 11 is 6.17. The van der Waals surface area contributed by atoms with Crippen LogP contribution in [0.1, 0.15) is 38.3 Å². The number of aliphatic hydroxyl groups is 1. The quantitative estimate of drug-likeness (QED) is 0.298. The van der Waals surface area contributed by atoms with Crippen LogP contribution in [0.15, 0.2) is 54.8 Å². The van der Waals surface area contributed by atoms with E-state index in [4.69, 9.17) is 22.1 Å². The van der Waals surface area contributed by atoms with E-state index >= 15 is 0 Å². The monoisotopic (exact) mass is 481 g/mol. The van der Waals surface area contributed by atoms with E-state index in [0.29, 0.717) is 30.5 Å². The molecule has 0 fully saturated rings. The summed E-state index contributed by atoms with van der Waals surface area (Å²) in [4.78, 5) is 12.6. The van der Waals surface area contributed by atoms with Crippen LogP contribution >= 0.6 is 11.6 Å². The van der Waals surface area contributed by atoms with E-state index in [2.05, 4.69) is 25.6 Å². The molecule has 0 saturated heterocycles. The minimum absolute atomic E-state index is 0.0237. The highest BCUT2D eigenvalue weighted by molar-refractivity contribution is 6.31. The van der Waals surface area contributed by atoms with Crippen molar-refractivity contribution in [3.8, 4) is 0 Å². The molecular formula is C25H25ClFN5O2. The Morgan fingerprint density at radius 1 is 1.24 bits per heavy atom. The van der Waals surface area contributed by atoms with Crippen LogP contribution < -0.4 is 5.73 Å². The van der Waals surface area contributed by atoms with Gasteiger partial charge in [-0.1, -0.05) is 17.7 Å². The number of nitrogen functional groups attached to an aromatic ring is 1. The summed E-state index contributed by atoms with van der Waals surface area (Å²) < 4.78 is 22.6. The topological polar surface area (TPSA) is 99.1 Å². The number of nitrogens with zero attached hydrogens (tertiary/aromatic N) is 4. The zero-order valence-corrected chi connectivity index (χ0v) is 19.6. The van der Waals surface area contributed by atoms with E-state index in [-0.39, 0.29) is 17.2 Å². The first kappa shape index (κ1) is 22.7. The Bertz CT molecular complexity index is 1410. The lowest BCUT2D eigenvalue weighted by Crippen LogP contribution is -2.30. The molecule has 0 spiro atoms. The van der Waals surface area contributed by atoms with E-state index in [9.17, 15) is 9.50 Å². The van der Waals surface area contributed by atoms with E-state index in [1.807, 2.05) is 12.3 Å². The summed E-state index contributed by atoms with van der Waals surface area (Å²) in [6.45, 7) is 3.24. The number of pyridine rings is 1. The molecule has 0 saturated carbocycles. The highest BCUT2D eigenvalue weighted by Crippen LogP contribution is 2.38. The summed E-state index contributed by atoms with van der Waals surface area (Å²) in [5.41, 5.74) is 8.72. The molecule has 1 aromatic carbocycles. The van der Waals surface area contributed by atoms with E-state index in [1.165, 1.54) is 6.33 Å². The van der Waals surface area contributed by atoms with Crippen LogP contribution in [0.5, 0.6) is 0 Å². The van der Waals surface area contributed by atoms with Gasteiger partial charge < -0.3 is 20.1 Å². The molecule has 4 aromatic rings. The second-order valence-corrected chi connectivity index (χ2v) is 9.48. The zero-order chi connectivity index (χ0) is 24.0. The van der Waals surface area contributed by atoms with Crippen LogP contribution in [0.4, 0.5) is 10.2 Å². The molecule has 0 radical (unpaired) electrons. The zero-order valence-electron chi connectivity index (χ0n) is 18.9. The van der Waals surface area contributed by atoms with Gasteiger partial charge >= 0.3 is 0 Å².